The van der Waals surface area contributed by atoms with Crippen molar-refractivity contribution in [2.45, 2.75) is 13.8 Å². The van der Waals surface area contributed by atoms with Gasteiger partial charge >= 0.3 is 5.97 Å². The summed E-state index contributed by atoms with van der Waals surface area (Å²) < 4.78 is 0.934. The van der Waals surface area contributed by atoms with Gasteiger partial charge in [0.05, 0.1) is 5.41 Å². The van der Waals surface area contributed by atoms with Crippen molar-refractivity contribution in [3.8, 4) is 0 Å². The third-order valence-corrected chi connectivity index (χ3v) is 3.52. The Kier molecular flexibility index (Phi) is 2.70. The lowest BCUT2D eigenvalue weighted by Crippen LogP contribution is -2.34. The fourth-order valence-corrected chi connectivity index (χ4v) is 1.96. The van der Waals surface area contributed by atoms with Crippen LogP contribution in [0, 0.1) is 11.3 Å². The summed E-state index contributed by atoms with van der Waals surface area (Å²) in [5, 5.41) is 9.04. The lowest BCUT2D eigenvalue weighted by atomic mass is 9.75. The third-order valence-electron chi connectivity index (χ3n) is 2.53. The van der Waals surface area contributed by atoms with E-state index >= 15 is 0 Å². The molecule has 0 saturated carbocycles. The molecule has 0 spiro atoms. The van der Waals surface area contributed by atoms with Gasteiger partial charge in [-0.15, -0.1) is 0 Å². The first-order valence-corrected chi connectivity index (χ1v) is 5.05. The molecule has 0 aromatic heterocycles. The van der Waals surface area contributed by atoms with Crippen molar-refractivity contribution < 1.29 is 9.90 Å². The van der Waals surface area contributed by atoms with Gasteiger partial charge in [-0.2, -0.15) is 0 Å². The van der Waals surface area contributed by atoms with Gasteiger partial charge in [-0.3, -0.25) is 4.79 Å². The van der Waals surface area contributed by atoms with Crippen molar-refractivity contribution >= 4 is 28.6 Å². The zero-order valence-corrected chi connectivity index (χ0v) is 9.70. The summed E-state index contributed by atoms with van der Waals surface area (Å²) >= 11 is 2.11. The molecule has 13 heavy (non-hydrogen) atoms. The molecule has 2 unspecified atom stereocenters. The van der Waals surface area contributed by atoms with Crippen molar-refractivity contribution in [1.82, 2.24) is 0 Å². The SMILES string of the molecule is CC1C=C(I)C(N)=CC1(C)C(=O)O. The van der Waals surface area contributed by atoms with Crippen LogP contribution in [0.5, 0.6) is 0 Å². The molecule has 0 aromatic carbocycles. The monoisotopic (exact) mass is 293 g/mol. The summed E-state index contributed by atoms with van der Waals surface area (Å²) in [5.41, 5.74) is 5.37. The van der Waals surface area contributed by atoms with Crippen molar-refractivity contribution in [2.24, 2.45) is 17.1 Å². The number of carbonyl (C=O) groups is 1. The largest absolute Gasteiger partial charge is 0.481 e. The molecule has 0 aliphatic heterocycles. The number of aliphatic carboxylic acids is 1. The highest BCUT2D eigenvalue weighted by atomic mass is 127. The van der Waals surface area contributed by atoms with E-state index in [1.54, 1.807) is 13.0 Å². The summed E-state index contributed by atoms with van der Waals surface area (Å²) in [6, 6.07) is 0. The number of halogens is 1. The highest BCUT2D eigenvalue weighted by Crippen LogP contribution is 2.38. The fraction of sp³-hybridized carbons (Fsp3) is 0.444. The Morgan fingerprint density at radius 2 is 2.31 bits per heavy atom. The van der Waals surface area contributed by atoms with Crippen LogP contribution in [0.3, 0.4) is 0 Å². The van der Waals surface area contributed by atoms with Gasteiger partial charge in [0.25, 0.3) is 0 Å². The van der Waals surface area contributed by atoms with E-state index in [1.165, 1.54) is 0 Å². The molecule has 0 aromatic rings. The molecule has 0 saturated heterocycles. The number of hydrogen-bond donors (Lipinski definition) is 2. The second kappa shape index (κ2) is 3.32. The van der Waals surface area contributed by atoms with E-state index in [4.69, 9.17) is 10.8 Å². The average Bonchev–Trinajstić information content (AvgIpc) is 2.01. The topological polar surface area (TPSA) is 63.3 Å². The number of allylic oxidation sites excluding steroid dienone is 2. The zero-order valence-electron chi connectivity index (χ0n) is 7.54. The van der Waals surface area contributed by atoms with Gasteiger partial charge in [0.1, 0.15) is 0 Å². The van der Waals surface area contributed by atoms with Gasteiger partial charge in [0.15, 0.2) is 0 Å². The van der Waals surface area contributed by atoms with Gasteiger partial charge in [-0.1, -0.05) is 13.0 Å². The van der Waals surface area contributed by atoms with Crippen LogP contribution in [-0.2, 0) is 4.79 Å². The Morgan fingerprint density at radius 1 is 1.77 bits per heavy atom. The van der Waals surface area contributed by atoms with Gasteiger partial charge in [-0.25, -0.2) is 0 Å². The first kappa shape index (κ1) is 10.6. The van der Waals surface area contributed by atoms with E-state index in [9.17, 15) is 4.79 Å². The Hall–Kier alpha value is -0.520. The summed E-state index contributed by atoms with van der Waals surface area (Å²) in [4.78, 5) is 11.0. The molecule has 1 aliphatic rings. The summed E-state index contributed by atoms with van der Waals surface area (Å²) in [5.74, 6) is -0.854. The maximum absolute atomic E-state index is 11.0. The number of rotatable bonds is 1. The molecule has 1 rings (SSSR count). The van der Waals surface area contributed by atoms with Crippen LogP contribution in [0.15, 0.2) is 21.4 Å². The van der Waals surface area contributed by atoms with Gasteiger partial charge < -0.3 is 10.8 Å². The maximum atomic E-state index is 11.0. The molecule has 0 bridgehead atoms. The minimum absolute atomic E-state index is 0.0239. The maximum Gasteiger partial charge on any atom is 0.313 e. The summed E-state index contributed by atoms with van der Waals surface area (Å²) in [6.07, 6.45) is 3.52. The van der Waals surface area contributed by atoms with Crippen LogP contribution in [-0.4, -0.2) is 11.1 Å². The normalized spacial score (nSPS) is 33.6. The number of hydrogen-bond acceptors (Lipinski definition) is 2. The van der Waals surface area contributed by atoms with E-state index in [-0.39, 0.29) is 5.92 Å². The average molecular weight is 293 g/mol. The second-order valence-electron chi connectivity index (χ2n) is 3.49. The van der Waals surface area contributed by atoms with Crippen LogP contribution in [0.1, 0.15) is 13.8 Å². The predicted molar refractivity (Wildman–Crippen MR) is 59.3 cm³/mol. The first-order valence-electron chi connectivity index (χ1n) is 3.97. The fourth-order valence-electron chi connectivity index (χ4n) is 1.27. The molecule has 72 valence electrons. The van der Waals surface area contributed by atoms with E-state index < -0.39 is 11.4 Å². The summed E-state index contributed by atoms with van der Waals surface area (Å²) in [6.45, 7) is 3.57. The third kappa shape index (κ3) is 1.72. The van der Waals surface area contributed by atoms with Crippen LogP contribution < -0.4 is 5.73 Å². The second-order valence-corrected chi connectivity index (χ2v) is 4.65. The van der Waals surface area contributed by atoms with Crippen LogP contribution in [0.25, 0.3) is 0 Å². The zero-order chi connectivity index (χ0) is 10.2. The molecular weight excluding hydrogens is 281 g/mol. The Bertz CT molecular complexity index is 309. The molecule has 2 atom stereocenters. The number of carboxylic acid groups (broad SMARTS) is 1. The van der Waals surface area contributed by atoms with E-state index in [1.807, 2.05) is 13.0 Å². The Labute approximate surface area is 90.8 Å². The lowest BCUT2D eigenvalue weighted by molar-refractivity contribution is -0.146. The van der Waals surface area contributed by atoms with E-state index in [0.29, 0.717) is 5.70 Å². The Morgan fingerprint density at radius 3 is 2.77 bits per heavy atom. The standard InChI is InChI=1S/C9H12INO2/c1-5-3-6(10)7(11)4-9(5,2)8(12)13/h3-5H,11H2,1-2H3,(H,12,13). The molecule has 0 fully saturated rings. The van der Waals surface area contributed by atoms with E-state index in [0.717, 1.165) is 3.58 Å². The molecule has 1 aliphatic carbocycles. The first-order chi connectivity index (χ1) is 5.88. The number of nitrogens with two attached hydrogens (primary N) is 1. The lowest BCUT2D eigenvalue weighted by Gasteiger charge is -2.30. The molecule has 3 nitrogen and oxygen atoms in total. The molecule has 3 N–H and O–H groups in total. The number of carboxylic acids is 1. The van der Waals surface area contributed by atoms with Gasteiger partial charge in [0.2, 0.25) is 0 Å². The van der Waals surface area contributed by atoms with Crippen molar-refractivity contribution in [2.75, 3.05) is 0 Å². The van der Waals surface area contributed by atoms with Crippen LogP contribution in [0.2, 0.25) is 0 Å². The minimum atomic E-state index is -0.862. The Balaban J connectivity index is 3.12. The molecule has 0 radical (unpaired) electrons. The van der Waals surface area contributed by atoms with Gasteiger partial charge in [-0.05, 0) is 41.5 Å². The molecule has 4 heteroatoms. The molecular formula is C9H12INO2. The smallest absolute Gasteiger partial charge is 0.313 e. The summed E-state index contributed by atoms with van der Waals surface area (Å²) in [7, 11) is 0. The van der Waals surface area contributed by atoms with Crippen molar-refractivity contribution in [3.05, 3.63) is 21.4 Å². The van der Waals surface area contributed by atoms with Crippen LogP contribution in [0.4, 0.5) is 0 Å². The van der Waals surface area contributed by atoms with Crippen molar-refractivity contribution in [1.29, 1.82) is 0 Å². The van der Waals surface area contributed by atoms with Gasteiger partial charge in [0, 0.05) is 9.28 Å². The quantitative estimate of drug-likeness (QED) is 0.726. The van der Waals surface area contributed by atoms with Crippen LogP contribution >= 0.6 is 22.6 Å². The van der Waals surface area contributed by atoms with E-state index in [2.05, 4.69) is 22.6 Å². The predicted octanol–water partition coefficient (Wildman–Crippen LogP) is 1.89. The highest BCUT2D eigenvalue weighted by Gasteiger charge is 2.38. The van der Waals surface area contributed by atoms with Crippen molar-refractivity contribution in [3.63, 3.8) is 0 Å². The molecule has 0 amide bonds. The molecule has 0 heterocycles. The minimum Gasteiger partial charge on any atom is -0.481 e. The highest BCUT2D eigenvalue weighted by molar-refractivity contribution is 14.1.